The molecule has 0 atom stereocenters. The summed E-state index contributed by atoms with van der Waals surface area (Å²) in [5, 5.41) is 7.50. The van der Waals surface area contributed by atoms with E-state index < -0.39 is 0 Å². The Labute approximate surface area is 264 Å². The molecular weight excluding hydrogens is 680 g/mol. The zero-order valence-electron chi connectivity index (χ0n) is 22.8. The van der Waals surface area contributed by atoms with Crippen LogP contribution in [0.4, 0.5) is 0 Å². The predicted octanol–water partition coefficient (Wildman–Crippen LogP) is 8.71. The van der Waals surface area contributed by atoms with Crippen LogP contribution in [0.5, 0.6) is 0 Å². The predicted molar refractivity (Wildman–Crippen MR) is 186 cm³/mol. The average molecular weight is 698 g/mol. The van der Waals surface area contributed by atoms with E-state index in [2.05, 4.69) is 41.8 Å². The second-order valence-corrected chi connectivity index (χ2v) is 12.5. The molecule has 10 aromatic rings. The van der Waals surface area contributed by atoms with Crippen LogP contribution in [-0.4, -0.2) is 18.8 Å². The Hall–Kier alpha value is -4.92. The normalized spacial score (nSPS) is 12.0. The second-order valence-electron chi connectivity index (χ2n) is 10.8. The fourth-order valence-electron chi connectivity index (χ4n) is 6.54. The largest absolute Gasteiger partial charge is 0.268 e. The number of hydrogen-bond donors (Lipinski definition) is 0. The summed E-state index contributed by atoms with van der Waals surface area (Å²) in [5.41, 5.74) is 4.81. The Morgan fingerprint density at radius 3 is 1.39 bits per heavy atom. The molecule has 0 bridgehead atoms. The molecule has 0 aliphatic carbocycles. The number of pyridine rings is 2. The molecule has 0 radical (unpaired) electrons. The van der Waals surface area contributed by atoms with Crippen molar-refractivity contribution >= 4 is 108 Å². The van der Waals surface area contributed by atoms with Crippen molar-refractivity contribution in [3.8, 4) is 0 Å². The molecule has 0 fully saturated rings. The Morgan fingerprint density at radius 2 is 0.841 bits per heavy atom. The second kappa shape index (κ2) is 9.29. The van der Waals surface area contributed by atoms with Crippen molar-refractivity contribution in [2.45, 2.75) is 0 Å². The molecule has 0 saturated heterocycles. The van der Waals surface area contributed by atoms with Gasteiger partial charge in [-0.3, -0.25) is 18.4 Å². The van der Waals surface area contributed by atoms with E-state index in [0.717, 1.165) is 85.4 Å². The molecule has 10 rings (SSSR count). The van der Waals surface area contributed by atoms with Crippen molar-refractivity contribution in [3.05, 3.63) is 139 Å². The molecule has 0 N–H and O–H groups in total. The highest BCUT2D eigenvalue weighted by atomic mass is 79.9. The third kappa shape index (κ3) is 3.40. The lowest BCUT2D eigenvalue weighted by molar-refractivity contribution is 1.19. The van der Waals surface area contributed by atoms with E-state index in [1.54, 1.807) is 8.80 Å². The smallest absolute Gasteiger partial charge is 0.264 e. The fraction of sp³-hybridized carbons (Fsp3) is 0. The van der Waals surface area contributed by atoms with Crippen molar-refractivity contribution in [1.29, 1.82) is 0 Å². The highest BCUT2D eigenvalue weighted by Gasteiger charge is 2.18. The van der Waals surface area contributed by atoms with Crippen LogP contribution in [0, 0.1) is 0 Å². The molecule has 6 nitrogen and oxygen atoms in total. The summed E-state index contributed by atoms with van der Waals surface area (Å²) in [6, 6.07) is 35.3. The van der Waals surface area contributed by atoms with Crippen LogP contribution in [0.15, 0.2) is 128 Å². The first-order valence-electron chi connectivity index (χ1n) is 14.0. The van der Waals surface area contributed by atoms with Gasteiger partial charge in [0.1, 0.15) is 11.3 Å². The quantitative estimate of drug-likeness (QED) is 0.159. The van der Waals surface area contributed by atoms with Gasteiger partial charge in [0.15, 0.2) is 0 Å². The molecule has 44 heavy (non-hydrogen) atoms. The Morgan fingerprint density at radius 1 is 0.432 bits per heavy atom. The number of rotatable bonds is 0. The number of hydrogen-bond acceptors (Lipinski definition) is 4. The van der Waals surface area contributed by atoms with Crippen LogP contribution in [-0.2, 0) is 0 Å². The van der Waals surface area contributed by atoms with Crippen molar-refractivity contribution in [2.75, 3.05) is 0 Å². The maximum Gasteiger partial charge on any atom is 0.264 e. The van der Waals surface area contributed by atoms with Crippen LogP contribution in [0.1, 0.15) is 0 Å². The van der Waals surface area contributed by atoms with E-state index in [-0.39, 0.29) is 11.1 Å². The summed E-state index contributed by atoms with van der Waals surface area (Å²) in [5.74, 6) is 0. The van der Waals surface area contributed by atoms with Crippen LogP contribution in [0.3, 0.4) is 0 Å². The first-order chi connectivity index (χ1) is 21.5. The average Bonchev–Trinajstić information content (AvgIpc) is 3.64. The number of imidazole rings is 2. The molecule has 4 aromatic heterocycles. The zero-order chi connectivity index (χ0) is 29.7. The first kappa shape index (κ1) is 25.6. The summed E-state index contributed by atoms with van der Waals surface area (Å²) in [4.78, 5) is 35.3. The maximum absolute atomic E-state index is 13.0. The highest BCUT2D eigenvalue weighted by molar-refractivity contribution is 9.11. The van der Waals surface area contributed by atoms with Crippen molar-refractivity contribution in [2.24, 2.45) is 0 Å². The van der Waals surface area contributed by atoms with Gasteiger partial charge >= 0.3 is 0 Å². The van der Waals surface area contributed by atoms with Gasteiger partial charge in [0.25, 0.3) is 11.1 Å². The van der Waals surface area contributed by atoms with Gasteiger partial charge in [-0.25, -0.2) is 9.97 Å². The highest BCUT2D eigenvalue weighted by Crippen LogP contribution is 2.35. The van der Waals surface area contributed by atoms with Gasteiger partial charge in [0.05, 0.1) is 22.1 Å². The standard InChI is InChI=1S/2C18H9BrN2O/c19-13-9-8-11-16-10(13)4-3-5-12(16)18(22)21-15-7-2-1-6-14(15)20-17(11)21;19-13-9-8-12-16-10(13)4-3-5-11(16)17-20-14-6-1-2-7-15(14)21(17)18(12)22/h2*1-9H. The monoisotopic (exact) mass is 696 g/mol. The molecule has 6 aromatic carbocycles. The minimum absolute atomic E-state index is 0.0140. The molecule has 4 heterocycles. The first-order valence-corrected chi connectivity index (χ1v) is 15.6. The molecule has 0 spiro atoms. The Balaban J connectivity index is 0.000000123. The minimum atomic E-state index is -0.0140. The van der Waals surface area contributed by atoms with E-state index in [0.29, 0.717) is 0 Å². The van der Waals surface area contributed by atoms with Crippen LogP contribution in [0.2, 0.25) is 0 Å². The van der Waals surface area contributed by atoms with Crippen LogP contribution >= 0.6 is 31.9 Å². The molecular formula is C36H18Br2N4O2. The molecule has 8 heteroatoms. The Kier molecular flexibility index (Phi) is 5.40. The zero-order valence-corrected chi connectivity index (χ0v) is 25.9. The summed E-state index contributed by atoms with van der Waals surface area (Å²) >= 11 is 7.15. The SMILES string of the molecule is O=c1c2ccc(Br)c3cccc(c32)c2nc3ccccc3n12.O=c1c2cccc3c(Br)ccc(c32)c2nc3ccccc3n12. The number of nitrogens with zero attached hydrogens (tertiary/aromatic N) is 4. The van der Waals surface area contributed by atoms with Crippen LogP contribution in [0.25, 0.3) is 76.5 Å². The fourth-order valence-corrected chi connectivity index (χ4v) is 7.46. The van der Waals surface area contributed by atoms with Gasteiger partial charge in [-0.15, -0.1) is 0 Å². The van der Waals surface area contributed by atoms with E-state index in [1.165, 1.54) is 0 Å². The van der Waals surface area contributed by atoms with Gasteiger partial charge < -0.3 is 0 Å². The number of halogens is 2. The number of aromatic nitrogens is 4. The third-order valence-corrected chi connectivity index (χ3v) is 9.83. The van der Waals surface area contributed by atoms with E-state index in [1.807, 2.05) is 109 Å². The van der Waals surface area contributed by atoms with Crippen molar-refractivity contribution in [3.63, 3.8) is 0 Å². The third-order valence-electron chi connectivity index (χ3n) is 8.45. The molecule has 0 aliphatic heterocycles. The molecule has 0 amide bonds. The number of benzene rings is 6. The maximum atomic E-state index is 13.0. The van der Waals surface area contributed by atoms with Gasteiger partial charge in [0, 0.05) is 41.3 Å². The number of fused-ring (bicyclic) bond motifs is 8. The van der Waals surface area contributed by atoms with Gasteiger partial charge in [-0.1, -0.05) is 86.5 Å². The van der Waals surface area contributed by atoms with Gasteiger partial charge in [-0.05, 0) is 65.4 Å². The van der Waals surface area contributed by atoms with E-state index >= 15 is 0 Å². The number of para-hydroxylation sites is 4. The molecule has 208 valence electrons. The van der Waals surface area contributed by atoms with Gasteiger partial charge in [-0.2, -0.15) is 0 Å². The lowest BCUT2D eigenvalue weighted by Gasteiger charge is -2.08. The lowest BCUT2D eigenvalue weighted by Crippen LogP contribution is -2.13. The molecule has 0 saturated carbocycles. The summed E-state index contributed by atoms with van der Waals surface area (Å²) < 4.78 is 5.43. The van der Waals surface area contributed by atoms with Crippen molar-refractivity contribution < 1.29 is 0 Å². The van der Waals surface area contributed by atoms with E-state index in [9.17, 15) is 9.59 Å². The molecule has 0 unspecified atom stereocenters. The topological polar surface area (TPSA) is 68.7 Å². The minimum Gasteiger partial charge on any atom is -0.268 e. The van der Waals surface area contributed by atoms with Crippen LogP contribution < -0.4 is 11.1 Å². The molecule has 0 aliphatic rings. The van der Waals surface area contributed by atoms with Crippen molar-refractivity contribution in [1.82, 2.24) is 18.8 Å². The van der Waals surface area contributed by atoms with Gasteiger partial charge in [0.2, 0.25) is 0 Å². The summed E-state index contributed by atoms with van der Waals surface area (Å²) in [6.45, 7) is 0. The summed E-state index contributed by atoms with van der Waals surface area (Å²) in [6.07, 6.45) is 0. The Bertz CT molecular complexity index is 2770. The lowest BCUT2D eigenvalue weighted by atomic mass is 10.0. The van der Waals surface area contributed by atoms with E-state index in [4.69, 9.17) is 0 Å². The summed E-state index contributed by atoms with van der Waals surface area (Å²) in [7, 11) is 0.